The Hall–Kier alpha value is -4.20. The second-order valence-electron chi connectivity index (χ2n) is 15.5. The Kier molecular flexibility index (Phi) is 8.30. The maximum Gasteiger partial charge on any atom is 0.170 e. The maximum absolute atomic E-state index is 15.4. The summed E-state index contributed by atoms with van der Waals surface area (Å²) < 4.78 is 123. The number of hydrogen-bond acceptors (Lipinski definition) is 0. The summed E-state index contributed by atoms with van der Waals surface area (Å²) >= 11 is 0. The highest BCUT2D eigenvalue weighted by Crippen LogP contribution is 2.47. The van der Waals surface area contributed by atoms with Crippen LogP contribution in [0.25, 0.3) is 22.3 Å². The van der Waals surface area contributed by atoms with Gasteiger partial charge in [-0.15, -0.1) is 0 Å². The molecule has 4 bridgehead atoms. The predicted octanol–water partition coefficient (Wildman–Crippen LogP) is 12.0. The van der Waals surface area contributed by atoms with E-state index >= 15 is 35.1 Å². The van der Waals surface area contributed by atoms with Crippen molar-refractivity contribution in [1.82, 2.24) is 0 Å². The van der Waals surface area contributed by atoms with Crippen LogP contribution in [0.1, 0.15) is 61.8 Å². The lowest BCUT2D eigenvalue weighted by atomic mass is 9.77. The van der Waals surface area contributed by atoms with Crippen molar-refractivity contribution in [3.8, 4) is 22.3 Å². The lowest BCUT2D eigenvalue weighted by Crippen LogP contribution is -2.19. The van der Waals surface area contributed by atoms with E-state index < -0.39 is 74.2 Å². The van der Waals surface area contributed by atoms with Gasteiger partial charge in [-0.1, -0.05) is 86.7 Å². The molecule has 0 saturated heterocycles. The van der Waals surface area contributed by atoms with Crippen molar-refractivity contribution in [3.63, 3.8) is 0 Å². The summed E-state index contributed by atoms with van der Waals surface area (Å²) in [4.78, 5) is 0. The van der Waals surface area contributed by atoms with Crippen molar-refractivity contribution in [2.75, 3.05) is 0 Å². The molecule has 0 aliphatic heterocycles. The van der Waals surface area contributed by atoms with Gasteiger partial charge in [-0.2, -0.15) is 0 Å². The molecule has 0 spiro atoms. The van der Waals surface area contributed by atoms with E-state index in [-0.39, 0.29) is 47.6 Å². The highest BCUT2D eigenvalue weighted by molar-refractivity contribution is 5.68. The minimum Gasteiger partial charge on any atom is -0.203 e. The van der Waals surface area contributed by atoms with Crippen LogP contribution >= 0.6 is 0 Å². The van der Waals surface area contributed by atoms with Crippen LogP contribution in [-0.4, -0.2) is 0 Å². The summed E-state index contributed by atoms with van der Waals surface area (Å²) in [6.45, 7) is 3.69. The van der Waals surface area contributed by atoms with Gasteiger partial charge in [0.05, 0.1) is 11.1 Å². The first-order valence-corrected chi connectivity index (χ1v) is 17.6. The SMILES string of the molecule is CC(C)(c1ccc(-c2c(F)c(F)c(CC3CC4C=CC3C4)c(F)c2F)cc1)c1ccc(-c2c(F)c(F)c(CC3CC4C=CC3C4)c(F)c2F)cc1. The average molecular weight is 705 g/mol. The minimum absolute atomic E-state index is 0.0394. The van der Waals surface area contributed by atoms with Gasteiger partial charge in [-0.3, -0.25) is 0 Å². The zero-order valence-corrected chi connectivity index (χ0v) is 28.2. The van der Waals surface area contributed by atoms with E-state index in [9.17, 15) is 0 Å². The summed E-state index contributed by atoms with van der Waals surface area (Å²) in [5, 5.41) is 0. The molecule has 4 aromatic carbocycles. The summed E-state index contributed by atoms with van der Waals surface area (Å²) in [5.74, 6) is -10.4. The standard InChI is InChI=1S/C43H36F8/c1-43(2,29-11-7-23(8-12-29)33-39(48)35(44)31(36(45)40(33)49)19-27-17-21-3-5-25(27)15-21)30-13-9-24(10-14-30)34-41(50)37(46)32(38(47)42(34)51)20-28-18-22-4-6-26(28)16-22/h3-14,21-22,25-28H,15-20H2,1-2H3. The quantitative estimate of drug-likeness (QED) is 0.0973. The maximum atomic E-state index is 15.4. The third-order valence-corrected chi connectivity index (χ3v) is 12.3. The van der Waals surface area contributed by atoms with Crippen LogP contribution in [-0.2, 0) is 18.3 Å². The van der Waals surface area contributed by atoms with Crippen molar-refractivity contribution in [3.05, 3.63) is 142 Å². The number of rotatable bonds is 8. The van der Waals surface area contributed by atoms with Gasteiger partial charge in [0, 0.05) is 16.5 Å². The molecule has 0 amide bonds. The van der Waals surface area contributed by atoms with Crippen LogP contribution in [0.2, 0.25) is 0 Å². The molecule has 0 heterocycles. The number of benzene rings is 4. The molecule has 0 nitrogen and oxygen atoms in total. The summed E-state index contributed by atoms with van der Waals surface area (Å²) in [6.07, 6.45) is 11.3. The molecule has 6 atom stereocenters. The van der Waals surface area contributed by atoms with Crippen LogP contribution in [0.4, 0.5) is 35.1 Å². The summed E-state index contributed by atoms with van der Waals surface area (Å²) in [7, 11) is 0. The van der Waals surface area contributed by atoms with Gasteiger partial charge in [0.15, 0.2) is 46.5 Å². The first-order valence-electron chi connectivity index (χ1n) is 17.6. The van der Waals surface area contributed by atoms with E-state index in [1.165, 1.54) is 24.3 Å². The molecule has 2 saturated carbocycles. The lowest BCUT2D eigenvalue weighted by Gasteiger charge is -2.27. The fourth-order valence-corrected chi connectivity index (χ4v) is 9.28. The van der Waals surface area contributed by atoms with Crippen LogP contribution in [0.15, 0.2) is 72.8 Å². The van der Waals surface area contributed by atoms with Gasteiger partial charge in [0.25, 0.3) is 0 Å². The topological polar surface area (TPSA) is 0 Å². The van der Waals surface area contributed by atoms with E-state index in [0.29, 0.717) is 23.0 Å². The first kappa shape index (κ1) is 33.9. The second-order valence-corrected chi connectivity index (χ2v) is 15.5. The number of hydrogen-bond donors (Lipinski definition) is 0. The average Bonchev–Trinajstić information content (AvgIpc) is 3.95. The molecular formula is C43H36F8. The smallest absolute Gasteiger partial charge is 0.170 e. The molecule has 4 aromatic rings. The van der Waals surface area contributed by atoms with Crippen LogP contribution < -0.4 is 0 Å². The van der Waals surface area contributed by atoms with Crippen molar-refractivity contribution >= 4 is 0 Å². The molecule has 4 aliphatic carbocycles. The highest BCUT2D eigenvalue weighted by atomic mass is 19.2. The third-order valence-electron chi connectivity index (χ3n) is 12.3. The molecule has 0 radical (unpaired) electrons. The van der Waals surface area contributed by atoms with Crippen LogP contribution in [0, 0.1) is 82.0 Å². The molecule has 264 valence electrons. The number of allylic oxidation sites excluding steroid dienone is 4. The van der Waals surface area contributed by atoms with Gasteiger partial charge >= 0.3 is 0 Å². The molecular weight excluding hydrogens is 668 g/mol. The van der Waals surface area contributed by atoms with E-state index in [1.807, 2.05) is 26.0 Å². The molecule has 4 aliphatic rings. The van der Waals surface area contributed by atoms with Crippen LogP contribution in [0.3, 0.4) is 0 Å². The van der Waals surface area contributed by atoms with Gasteiger partial charge in [-0.25, -0.2) is 35.1 Å². The Morgan fingerprint density at radius 3 is 1.06 bits per heavy atom. The van der Waals surface area contributed by atoms with E-state index in [1.54, 1.807) is 24.3 Å². The molecule has 0 aromatic heterocycles. The zero-order chi connectivity index (χ0) is 35.9. The fourth-order valence-electron chi connectivity index (χ4n) is 9.28. The molecule has 6 unspecified atom stereocenters. The zero-order valence-electron chi connectivity index (χ0n) is 28.2. The van der Waals surface area contributed by atoms with E-state index in [0.717, 1.165) is 25.7 Å². The fraction of sp³-hybridized carbons (Fsp3) is 0.349. The predicted molar refractivity (Wildman–Crippen MR) is 181 cm³/mol. The molecule has 0 N–H and O–H groups in total. The third kappa shape index (κ3) is 5.55. The van der Waals surface area contributed by atoms with Gasteiger partial charge < -0.3 is 0 Å². The van der Waals surface area contributed by atoms with Crippen molar-refractivity contribution in [2.45, 2.75) is 57.8 Å². The minimum atomic E-state index is -1.44. The van der Waals surface area contributed by atoms with Gasteiger partial charge in [-0.05, 0) is 96.3 Å². The van der Waals surface area contributed by atoms with Gasteiger partial charge in [0.2, 0.25) is 0 Å². The normalized spacial score (nSPS) is 24.7. The second kappa shape index (κ2) is 12.5. The highest BCUT2D eigenvalue weighted by Gasteiger charge is 2.39. The lowest BCUT2D eigenvalue weighted by molar-refractivity contribution is 0.397. The number of halogens is 8. The Morgan fingerprint density at radius 1 is 0.451 bits per heavy atom. The largest absolute Gasteiger partial charge is 0.203 e. The van der Waals surface area contributed by atoms with E-state index in [4.69, 9.17) is 0 Å². The first-order chi connectivity index (χ1) is 24.3. The van der Waals surface area contributed by atoms with E-state index in [2.05, 4.69) is 12.2 Å². The number of fused-ring (bicyclic) bond motifs is 4. The molecule has 2 fully saturated rings. The van der Waals surface area contributed by atoms with Crippen molar-refractivity contribution in [2.24, 2.45) is 35.5 Å². The molecule has 8 heteroatoms. The Morgan fingerprint density at radius 2 is 0.784 bits per heavy atom. The van der Waals surface area contributed by atoms with Crippen LogP contribution in [0.5, 0.6) is 0 Å². The Balaban J connectivity index is 1.03. The van der Waals surface area contributed by atoms with Gasteiger partial charge in [0.1, 0.15) is 0 Å². The Labute approximate surface area is 291 Å². The van der Waals surface area contributed by atoms with Crippen molar-refractivity contribution in [1.29, 1.82) is 0 Å². The molecule has 51 heavy (non-hydrogen) atoms. The monoisotopic (exact) mass is 704 g/mol. The summed E-state index contributed by atoms with van der Waals surface area (Å²) in [6, 6.07) is 11.9. The Bertz CT molecular complexity index is 1890. The molecule has 8 rings (SSSR count). The summed E-state index contributed by atoms with van der Waals surface area (Å²) in [5.41, 5.74) is -2.20. The van der Waals surface area contributed by atoms with Crippen molar-refractivity contribution < 1.29 is 35.1 Å².